The summed E-state index contributed by atoms with van der Waals surface area (Å²) in [6.45, 7) is 6.24. The van der Waals surface area contributed by atoms with Crippen LogP contribution in [0.2, 0.25) is 0 Å². The number of pyridine rings is 1. The van der Waals surface area contributed by atoms with Gasteiger partial charge in [-0.2, -0.15) is 0 Å². The van der Waals surface area contributed by atoms with E-state index in [1.165, 1.54) is 11.1 Å². The van der Waals surface area contributed by atoms with Crippen molar-refractivity contribution < 1.29 is 0 Å². The van der Waals surface area contributed by atoms with Gasteiger partial charge in [-0.1, -0.05) is 12.1 Å². The van der Waals surface area contributed by atoms with Crippen LogP contribution in [0.4, 0.5) is 5.82 Å². The molecule has 0 saturated heterocycles. The van der Waals surface area contributed by atoms with Crippen LogP contribution < -0.4 is 5.73 Å². The first-order valence-electron chi connectivity index (χ1n) is 6.49. The molecule has 0 atom stereocenters. The van der Waals surface area contributed by atoms with Crippen LogP contribution in [0.3, 0.4) is 0 Å². The Bertz CT molecular complexity index is 818. The number of nitrogens with two attached hydrogens (primary N) is 1. The lowest BCUT2D eigenvalue weighted by molar-refractivity contribution is 1.09. The third-order valence-electron chi connectivity index (χ3n) is 3.78. The van der Waals surface area contributed by atoms with Crippen LogP contribution in [0, 0.1) is 20.8 Å². The number of fused-ring (bicyclic) bond motifs is 1. The number of anilines is 1. The molecule has 0 radical (unpaired) electrons. The van der Waals surface area contributed by atoms with Crippen LogP contribution in [-0.4, -0.2) is 9.38 Å². The number of nitrogen functional groups attached to an aromatic ring is 1. The van der Waals surface area contributed by atoms with Crippen LogP contribution >= 0.6 is 15.9 Å². The molecule has 3 nitrogen and oxygen atoms in total. The van der Waals surface area contributed by atoms with Crippen molar-refractivity contribution in [1.82, 2.24) is 9.38 Å². The molecule has 3 aromatic rings. The molecule has 2 aromatic heterocycles. The monoisotopic (exact) mass is 329 g/mol. The van der Waals surface area contributed by atoms with E-state index in [0.29, 0.717) is 5.82 Å². The van der Waals surface area contributed by atoms with E-state index in [4.69, 9.17) is 5.73 Å². The normalized spacial score (nSPS) is 11.2. The zero-order valence-corrected chi connectivity index (χ0v) is 13.3. The molecule has 2 heterocycles. The van der Waals surface area contributed by atoms with Crippen molar-refractivity contribution in [3.05, 3.63) is 51.6 Å². The van der Waals surface area contributed by atoms with Crippen LogP contribution in [0.1, 0.15) is 16.8 Å². The fourth-order valence-electron chi connectivity index (χ4n) is 2.39. The highest BCUT2D eigenvalue weighted by atomic mass is 79.9. The molecule has 3 rings (SSSR count). The Labute approximate surface area is 126 Å². The number of aryl methyl sites for hydroxylation is 3. The Balaban J connectivity index is 2.29. The number of imidazole rings is 1. The third kappa shape index (κ3) is 1.91. The van der Waals surface area contributed by atoms with Gasteiger partial charge in [-0.15, -0.1) is 0 Å². The summed E-state index contributed by atoms with van der Waals surface area (Å²) in [5.41, 5.74) is 12.7. The molecule has 2 N–H and O–H groups in total. The molecule has 0 spiro atoms. The second kappa shape index (κ2) is 4.63. The minimum Gasteiger partial charge on any atom is -0.383 e. The van der Waals surface area contributed by atoms with E-state index in [0.717, 1.165) is 27.1 Å². The van der Waals surface area contributed by atoms with Crippen molar-refractivity contribution in [2.75, 3.05) is 5.73 Å². The van der Waals surface area contributed by atoms with Gasteiger partial charge in [0.05, 0.1) is 0 Å². The predicted molar refractivity (Wildman–Crippen MR) is 87.0 cm³/mol. The number of nitrogens with zero attached hydrogens (tertiary/aromatic N) is 2. The van der Waals surface area contributed by atoms with Crippen molar-refractivity contribution in [2.45, 2.75) is 20.8 Å². The van der Waals surface area contributed by atoms with E-state index in [9.17, 15) is 0 Å². The van der Waals surface area contributed by atoms with Gasteiger partial charge in [0.15, 0.2) is 0 Å². The maximum atomic E-state index is 6.31. The molecular formula is C16H16BrN3. The second-order valence-corrected chi connectivity index (χ2v) is 5.96. The van der Waals surface area contributed by atoms with E-state index in [1.807, 2.05) is 23.5 Å². The molecule has 0 unspecified atom stereocenters. The topological polar surface area (TPSA) is 43.3 Å². The van der Waals surface area contributed by atoms with Gasteiger partial charge in [-0.05, 0) is 66.0 Å². The largest absolute Gasteiger partial charge is 0.383 e. The summed E-state index contributed by atoms with van der Waals surface area (Å²) in [6, 6.07) is 10.3. The van der Waals surface area contributed by atoms with Crippen LogP contribution in [-0.2, 0) is 0 Å². The zero-order chi connectivity index (χ0) is 14.4. The fourth-order valence-corrected chi connectivity index (χ4v) is 2.70. The molecular weight excluding hydrogens is 314 g/mol. The number of hydrogen-bond acceptors (Lipinski definition) is 2. The van der Waals surface area contributed by atoms with Gasteiger partial charge in [0.2, 0.25) is 0 Å². The third-order valence-corrected chi connectivity index (χ3v) is 4.62. The quantitative estimate of drug-likeness (QED) is 0.724. The Hall–Kier alpha value is -1.81. The highest BCUT2D eigenvalue weighted by Crippen LogP contribution is 2.30. The van der Waals surface area contributed by atoms with Crippen LogP contribution in [0.5, 0.6) is 0 Å². The number of hydrogen-bond donors (Lipinski definition) is 1. The summed E-state index contributed by atoms with van der Waals surface area (Å²) in [7, 11) is 0. The Kier molecular flexibility index (Phi) is 3.05. The van der Waals surface area contributed by atoms with Crippen LogP contribution in [0.25, 0.3) is 16.9 Å². The molecule has 0 saturated carbocycles. The predicted octanol–water partition coefficient (Wildman–Crippen LogP) is 4.27. The molecule has 0 aliphatic carbocycles. The summed E-state index contributed by atoms with van der Waals surface area (Å²) in [5.74, 6) is 0.682. The van der Waals surface area contributed by atoms with Crippen molar-refractivity contribution in [2.24, 2.45) is 0 Å². The zero-order valence-electron chi connectivity index (χ0n) is 11.7. The number of halogens is 1. The summed E-state index contributed by atoms with van der Waals surface area (Å²) in [5, 5.41) is 0. The van der Waals surface area contributed by atoms with Crippen molar-refractivity contribution in [3.8, 4) is 11.3 Å². The van der Waals surface area contributed by atoms with Gasteiger partial charge in [0, 0.05) is 15.7 Å². The molecule has 0 bridgehead atoms. The minimum absolute atomic E-state index is 0.682. The Morgan fingerprint density at radius 2 is 1.80 bits per heavy atom. The maximum absolute atomic E-state index is 6.31. The van der Waals surface area contributed by atoms with Gasteiger partial charge >= 0.3 is 0 Å². The number of aromatic nitrogens is 2. The number of rotatable bonds is 1. The average molecular weight is 330 g/mol. The maximum Gasteiger partial charge on any atom is 0.139 e. The molecule has 4 heteroatoms. The molecule has 20 heavy (non-hydrogen) atoms. The first-order chi connectivity index (χ1) is 9.49. The second-order valence-electron chi connectivity index (χ2n) is 5.10. The summed E-state index contributed by atoms with van der Waals surface area (Å²) in [4.78, 5) is 4.67. The van der Waals surface area contributed by atoms with Gasteiger partial charge in [-0.3, -0.25) is 4.40 Å². The van der Waals surface area contributed by atoms with Crippen molar-refractivity contribution >= 4 is 27.4 Å². The smallest absolute Gasteiger partial charge is 0.139 e. The minimum atomic E-state index is 0.682. The summed E-state index contributed by atoms with van der Waals surface area (Å²) in [6.07, 6.45) is 0. The molecule has 0 aliphatic rings. The SMILES string of the molecule is Cc1ccc(-c2nc3ccc(Br)c(C)n3c2N)cc1C. The lowest BCUT2D eigenvalue weighted by Gasteiger charge is -2.05. The fraction of sp³-hybridized carbons (Fsp3) is 0.188. The highest BCUT2D eigenvalue weighted by Gasteiger charge is 2.14. The van der Waals surface area contributed by atoms with Crippen molar-refractivity contribution in [1.29, 1.82) is 0 Å². The lowest BCUT2D eigenvalue weighted by Crippen LogP contribution is -1.98. The average Bonchev–Trinajstić information content (AvgIpc) is 2.75. The van der Waals surface area contributed by atoms with Gasteiger partial charge < -0.3 is 5.73 Å². The molecule has 0 amide bonds. The van der Waals surface area contributed by atoms with Gasteiger partial charge in [0.1, 0.15) is 17.2 Å². The Morgan fingerprint density at radius 1 is 1.05 bits per heavy atom. The van der Waals surface area contributed by atoms with E-state index < -0.39 is 0 Å². The highest BCUT2D eigenvalue weighted by molar-refractivity contribution is 9.10. The van der Waals surface area contributed by atoms with E-state index >= 15 is 0 Å². The van der Waals surface area contributed by atoms with Gasteiger partial charge in [0.25, 0.3) is 0 Å². The van der Waals surface area contributed by atoms with E-state index in [2.05, 4.69) is 53.0 Å². The number of benzene rings is 1. The molecule has 0 aliphatic heterocycles. The lowest BCUT2D eigenvalue weighted by atomic mass is 10.0. The van der Waals surface area contributed by atoms with E-state index in [1.54, 1.807) is 0 Å². The van der Waals surface area contributed by atoms with E-state index in [-0.39, 0.29) is 0 Å². The first-order valence-corrected chi connectivity index (χ1v) is 7.29. The van der Waals surface area contributed by atoms with Gasteiger partial charge in [-0.25, -0.2) is 4.98 Å². The molecule has 0 fully saturated rings. The molecule has 1 aromatic carbocycles. The first kappa shape index (κ1) is 13.2. The van der Waals surface area contributed by atoms with Crippen molar-refractivity contribution in [3.63, 3.8) is 0 Å². The summed E-state index contributed by atoms with van der Waals surface area (Å²) < 4.78 is 3.01. The summed E-state index contributed by atoms with van der Waals surface area (Å²) >= 11 is 3.53. The molecule has 102 valence electrons. The standard InChI is InChI=1S/C16H16BrN3/c1-9-4-5-12(8-10(9)2)15-16(18)20-11(3)13(17)6-7-14(20)19-15/h4-8H,18H2,1-3H3. The Morgan fingerprint density at radius 3 is 2.50 bits per heavy atom. The van der Waals surface area contributed by atoms with Crippen LogP contribution in [0.15, 0.2) is 34.8 Å².